The smallest absolute Gasteiger partial charge is 0.328 e. The van der Waals surface area contributed by atoms with Crippen molar-refractivity contribution in [1.29, 1.82) is 0 Å². The minimum atomic E-state index is -1.18. The number of carbonyl (C=O) groups excluding carboxylic acids is 2. The Labute approximate surface area is 191 Å². The number of nitrogens with zero attached hydrogens (tertiary/aromatic N) is 4. The summed E-state index contributed by atoms with van der Waals surface area (Å²) in [7, 11) is 0. The molecule has 1 aliphatic rings. The number of fused-ring (bicyclic) bond motifs is 1. The van der Waals surface area contributed by atoms with Gasteiger partial charge in [0.05, 0.1) is 16.4 Å². The minimum Gasteiger partial charge on any atom is -0.480 e. The quantitative estimate of drug-likeness (QED) is 0.527. The Morgan fingerprint density at radius 1 is 1.25 bits per heavy atom. The fourth-order valence-corrected chi connectivity index (χ4v) is 4.48. The molecule has 1 unspecified atom stereocenters. The summed E-state index contributed by atoms with van der Waals surface area (Å²) in [5.41, 5.74) is 7.13. The Hall–Kier alpha value is -3.50. The van der Waals surface area contributed by atoms with Crippen molar-refractivity contribution in [2.75, 3.05) is 18.8 Å². The number of benzene rings is 1. The van der Waals surface area contributed by atoms with Gasteiger partial charge in [-0.2, -0.15) is 0 Å². The highest BCUT2D eigenvalue weighted by atomic mass is 35.5. The van der Waals surface area contributed by atoms with Gasteiger partial charge >= 0.3 is 17.8 Å². The fourth-order valence-electron chi connectivity index (χ4n) is 3.49. The molecule has 3 N–H and O–H groups in total. The molecule has 9 nitrogen and oxygen atoms in total. The van der Waals surface area contributed by atoms with E-state index in [1.165, 1.54) is 22.6 Å². The van der Waals surface area contributed by atoms with E-state index in [1.807, 2.05) is 6.07 Å². The molecule has 1 saturated heterocycles. The molecule has 2 amide bonds. The molecule has 4 rings (SSSR count). The van der Waals surface area contributed by atoms with Crippen LogP contribution < -0.4 is 5.73 Å². The summed E-state index contributed by atoms with van der Waals surface area (Å²) in [5, 5.41) is 10.4. The molecule has 1 atom stereocenters. The highest BCUT2D eigenvalue weighted by molar-refractivity contribution is 7.16. The van der Waals surface area contributed by atoms with Gasteiger partial charge < -0.3 is 20.6 Å². The average molecular weight is 472 g/mol. The number of piperazine rings is 1. The molecule has 0 saturated carbocycles. The number of amides is 2. The van der Waals surface area contributed by atoms with Crippen molar-refractivity contribution in [3.63, 3.8) is 0 Å². The van der Waals surface area contributed by atoms with Crippen molar-refractivity contribution in [3.8, 4) is 0 Å². The molecule has 3 heterocycles. The molecular formula is C21H18ClN5O4S. The molecular weight excluding hydrogens is 454 g/mol. The second-order valence-electron chi connectivity index (χ2n) is 7.15. The Morgan fingerprint density at radius 2 is 2.06 bits per heavy atom. The SMILES string of the molecule is Nc1ncnc2cc(CN3CC(C(=O)O)N(C/C=C/c4ccc(Cl)s4)C(=O)C3=O)ccc12. The van der Waals surface area contributed by atoms with Crippen molar-refractivity contribution in [3.05, 3.63) is 57.5 Å². The van der Waals surface area contributed by atoms with Gasteiger partial charge in [-0.15, -0.1) is 11.3 Å². The molecule has 164 valence electrons. The largest absolute Gasteiger partial charge is 0.480 e. The number of anilines is 1. The lowest BCUT2D eigenvalue weighted by molar-refractivity contribution is -0.165. The summed E-state index contributed by atoms with van der Waals surface area (Å²) in [4.78, 5) is 48.6. The molecule has 1 aromatic carbocycles. The van der Waals surface area contributed by atoms with E-state index in [9.17, 15) is 19.5 Å². The zero-order valence-corrected chi connectivity index (χ0v) is 18.2. The molecule has 3 aromatic rings. The van der Waals surface area contributed by atoms with Crippen LogP contribution in [0.1, 0.15) is 10.4 Å². The number of carbonyl (C=O) groups is 3. The zero-order chi connectivity index (χ0) is 22.8. The highest BCUT2D eigenvalue weighted by Crippen LogP contribution is 2.23. The van der Waals surface area contributed by atoms with Crippen LogP contribution in [0.3, 0.4) is 0 Å². The van der Waals surface area contributed by atoms with Crippen LogP contribution in [-0.2, 0) is 20.9 Å². The maximum Gasteiger partial charge on any atom is 0.328 e. The van der Waals surface area contributed by atoms with Crippen LogP contribution in [0.25, 0.3) is 17.0 Å². The van der Waals surface area contributed by atoms with Crippen molar-refractivity contribution < 1.29 is 19.5 Å². The molecule has 32 heavy (non-hydrogen) atoms. The number of nitrogen functional groups attached to an aromatic ring is 1. The van der Waals surface area contributed by atoms with E-state index in [-0.39, 0.29) is 19.6 Å². The molecule has 1 fully saturated rings. The molecule has 11 heteroatoms. The highest BCUT2D eigenvalue weighted by Gasteiger charge is 2.42. The van der Waals surface area contributed by atoms with Gasteiger partial charge in [0.25, 0.3) is 0 Å². The Morgan fingerprint density at radius 3 is 2.78 bits per heavy atom. The maximum absolute atomic E-state index is 12.7. The molecule has 1 aliphatic heterocycles. The van der Waals surface area contributed by atoms with E-state index in [0.29, 0.717) is 26.6 Å². The van der Waals surface area contributed by atoms with E-state index in [1.54, 1.807) is 36.4 Å². The van der Waals surface area contributed by atoms with Gasteiger partial charge in [-0.3, -0.25) is 9.59 Å². The second kappa shape index (κ2) is 8.93. The summed E-state index contributed by atoms with van der Waals surface area (Å²) >= 11 is 7.25. The first kappa shape index (κ1) is 21.7. The van der Waals surface area contributed by atoms with Gasteiger partial charge in [-0.05, 0) is 35.9 Å². The number of carboxylic acid groups (broad SMARTS) is 1. The van der Waals surface area contributed by atoms with Gasteiger partial charge in [0, 0.05) is 23.4 Å². The molecule has 0 aliphatic carbocycles. The van der Waals surface area contributed by atoms with E-state index in [2.05, 4.69) is 9.97 Å². The lowest BCUT2D eigenvalue weighted by atomic mass is 10.1. The number of rotatable bonds is 6. The number of halogens is 1. The molecule has 0 radical (unpaired) electrons. The summed E-state index contributed by atoms with van der Waals surface area (Å²) in [6.07, 6.45) is 4.72. The Kier molecular flexibility index (Phi) is 6.06. The normalized spacial score (nSPS) is 17.0. The Bertz CT molecular complexity index is 1240. The van der Waals surface area contributed by atoms with Gasteiger partial charge in [0.1, 0.15) is 18.2 Å². The first-order valence-electron chi connectivity index (χ1n) is 9.57. The summed E-state index contributed by atoms with van der Waals surface area (Å²) in [6.45, 7) is -0.0504. The van der Waals surface area contributed by atoms with Crippen LogP contribution in [0.4, 0.5) is 5.82 Å². The Balaban J connectivity index is 1.51. The van der Waals surface area contributed by atoms with Crippen molar-refractivity contribution in [2.24, 2.45) is 0 Å². The number of nitrogens with two attached hydrogens (primary N) is 1. The summed E-state index contributed by atoms with van der Waals surface area (Å²) in [6, 6.07) is 7.62. The predicted molar refractivity (Wildman–Crippen MR) is 121 cm³/mol. The second-order valence-corrected chi connectivity index (χ2v) is 8.90. The van der Waals surface area contributed by atoms with Crippen LogP contribution in [-0.4, -0.2) is 61.8 Å². The molecule has 0 spiro atoms. The van der Waals surface area contributed by atoms with Crippen LogP contribution >= 0.6 is 22.9 Å². The van der Waals surface area contributed by atoms with Gasteiger partial charge in [0.2, 0.25) is 0 Å². The first-order chi connectivity index (χ1) is 15.3. The maximum atomic E-state index is 12.7. The third-order valence-electron chi connectivity index (χ3n) is 5.07. The third kappa shape index (κ3) is 4.41. The van der Waals surface area contributed by atoms with Gasteiger partial charge in [0.15, 0.2) is 0 Å². The number of aromatic nitrogens is 2. The van der Waals surface area contributed by atoms with Crippen molar-refractivity contribution in [1.82, 2.24) is 19.8 Å². The first-order valence-corrected chi connectivity index (χ1v) is 10.8. The zero-order valence-electron chi connectivity index (χ0n) is 16.6. The fraction of sp³-hybridized carbons (Fsp3) is 0.190. The summed E-state index contributed by atoms with van der Waals surface area (Å²) in [5.74, 6) is -2.45. The predicted octanol–water partition coefficient (Wildman–Crippen LogP) is 2.26. The number of aliphatic carboxylic acids is 1. The van der Waals surface area contributed by atoms with Crippen LogP contribution in [0.5, 0.6) is 0 Å². The topological polar surface area (TPSA) is 130 Å². The van der Waals surface area contributed by atoms with E-state index in [4.69, 9.17) is 17.3 Å². The molecule has 0 bridgehead atoms. The monoisotopic (exact) mass is 471 g/mol. The van der Waals surface area contributed by atoms with Crippen LogP contribution in [0, 0.1) is 0 Å². The average Bonchev–Trinajstić information content (AvgIpc) is 3.18. The van der Waals surface area contributed by atoms with E-state index < -0.39 is 23.8 Å². The van der Waals surface area contributed by atoms with E-state index in [0.717, 1.165) is 9.78 Å². The lowest BCUT2D eigenvalue weighted by Crippen LogP contribution is -2.61. The number of thiophene rings is 1. The number of hydrogen-bond donors (Lipinski definition) is 2. The van der Waals surface area contributed by atoms with Gasteiger partial charge in [-0.1, -0.05) is 23.7 Å². The van der Waals surface area contributed by atoms with E-state index >= 15 is 0 Å². The third-order valence-corrected chi connectivity index (χ3v) is 6.27. The molecule has 2 aromatic heterocycles. The standard InChI is InChI=1S/C21H18ClN5O4S/c22-17-6-4-13(32-17)2-1-7-27-16(21(30)31)10-26(19(28)20(27)29)9-12-3-5-14-15(8-12)24-11-25-18(14)23/h1-6,8,11,16H,7,9-10H2,(H,30,31)(H2,23,24,25)/b2-1+. The van der Waals surface area contributed by atoms with Crippen LogP contribution in [0.15, 0.2) is 42.7 Å². The lowest BCUT2D eigenvalue weighted by Gasteiger charge is -2.37. The number of carboxylic acids is 1. The van der Waals surface area contributed by atoms with Crippen molar-refractivity contribution >= 4 is 63.5 Å². The minimum absolute atomic E-state index is 0.00291. The number of hydrogen-bond acceptors (Lipinski definition) is 7. The summed E-state index contributed by atoms with van der Waals surface area (Å²) < 4.78 is 0.621. The van der Waals surface area contributed by atoms with Crippen LogP contribution in [0.2, 0.25) is 4.34 Å². The van der Waals surface area contributed by atoms with Gasteiger partial charge in [-0.25, -0.2) is 14.8 Å². The van der Waals surface area contributed by atoms with Crippen molar-refractivity contribution in [2.45, 2.75) is 12.6 Å².